The third-order valence-electron chi connectivity index (χ3n) is 2.59. The molecule has 0 bridgehead atoms. The molecule has 1 aromatic carbocycles. The molecule has 1 unspecified atom stereocenters. The summed E-state index contributed by atoms with van der Waals surface area (Å²) in [6, 6.07) is 3.84. The van der Waals surface area contributed by atoms with Gasteiger partial charge in [-0.15, -0.1) is 12.4 Å². The van der Waals surface area contributed by atoms with Crippen molar-refractivity contribution in [3.8, 4) is 11.5 Å². The van der Waals surface area contributed by atoms with Crippen molar-refractivity contribution in [2.75, 3.05) is 27.9 Å². The molecule has 1 aromatic rings. The molecule has 98 valence electrons. The molecule has 1 rings (SSSR count). The molecular weight excluding hydrogens is 242 g/mol. The van der Waals surface area contributed by atoms with Crippen molar-refractivity contribution >= 4 is 12.4 Å². The number of aryl methyl sites for hydroxylation is 1. The van der Waals surface area contributed by atoms with Crippen LogP contribution in [0.2, 0.25) is 0 Å². The maximum atomic E-state index is 5.65. The Kier molecular flexibility index (Phi) is 6.95. The number of hydrogen-bond donors (Lipinski definition) is 1. The molecule has 0 saturated carbocycles. The number of halogens is 1. The summed E-state index contributed by atoms with van der Waals surface area (Å²) < 4.78 is 15.9. The predicted octanol–water partition coefficient (Wildman–Crippen LogP) is 2.08. The van der Waals surface area contributed by atoms with Gasteiger partial charge in [-0.05, 0) is 24.6 Å². The van der Waals surface area contributed by atoms with Crippen LogP contribution in [0.15, 0.2) is 12.1 Å². The lowest BCUT2D eigenvalue weighted by Gasteiger charge is -2.18. The largest absolute Gasteiger partial charge is 0.496 e. The monoisotopic (exact) mass is 261 g/mol. The van der Waals surface area contributed by atoms with Crippen LogP contribution in [0.1, 0.15) is 17.2 Å². The lowest BCUT2D eigenvalue weighted by Crippen LogP contribution is -2.15. The average Bonchev–Trinajstić information content (AvgIpc) is 2.31. The van der Waals surface area contributed by atoms with Gasteiger partial charge in [0.05, 0.1) is 20.3 Å². The van der Waals surface area contributed by atoms with E-state index in [1.807, 2.05) is 19.1 Å². The van der Waals surface area contributed by atoms with Crippen LogP contribution in [-0.4, -0.2) is 27.9 Å². The van der Waals surface area contributed by atoms with Crippen molar-refractivity contribution < 1.29 is 14.2 Å². The van der Waals surface area contributed by atoms with Crippen LogP contribution in [0.3, 0.4) is 0 Å². The van der Waals surface area contributed by atoms with Gasteiger partial charge in [-0.25, -0.2) is 0 Å². The van der Waals surface area contributed by atoms with Crippen molar-refractivity contribution in [3.63, 3.8) is 0 Å². The second-order valence-electron chi connectivity index (χ2n) is 3.52. The van der Waals surface area contributed by atoms with Crippen LogP contribution in [0, 0.1) is 6.92 Å². The third kappa shape index (κ3) is 3.49. The Morgan fingerprint density at radius 3 is 2.12 bits per heavy atom. The summed E-state index contributed by atoms with van der Waals surface area (Å²) in [7, 11) is 4.90. The Balaban J connectivity index is 0.00000256. The maximum Gasteiger partial charge on any atom is 0.125 e. The number of benzene rings is 1. The van der Waals surface area contributed by atoms with Crippen molar-refractivity contribution in [3.05, 3.63) is 23.3 Å². The van der Waals surface area contributed by atoms with Crippen LogP contribution in [0.4, 0.5) is 0 Å². The highest BCUT2D eigenvalue weighted by molar-refractivity contribution is 5.85. The predicted molar refractivity (Wildman–Crippen MR) is 70.3 cm³/mol. The van der Waals surface area contributed by atoms with Gasteiger partial charge in [0, 0.05) is 19.2 Å². The van der Waals surface area contributed by atoms with Crippen LogP contribution in [-0.2, 0) is 4.74 Å². The van der Waals surface area contributed by atoms with Gasteiger partial charge in [0.1, 0.15) is 11.5 Å². The number of methoxy groups -OCH3 is 3. The summed E-state index contributed by atoms with van der Waals surface area (Å²) >= 11 is 0. The fourth-order valence-electron chi connectivity index (χ4n) is 1.68. The molecule has 17 heavy (non-hydrogen) atoms. The first-order chi connectivity index (χ1) is 7.67. The van der Waals surface area contributed by atoms with Gasteiger partial charge < -0.3 is 19.9 Å². The molecule has 0 aliphatic carbocycles. The molecule has 2 N–H and O–H groups in total. The molecule has 0 amide bonds. The summed E-state index contributed by atoms with van der Waals surface area (Å²) in [5, 5.41) is 0. The molecular formula is C12H20ClNO3. The SMILES string of the molecule is COc1cc(C(CN)OC)c(OC)cc1C.Cl. The highest BCUT2D eigenvalue weighted by atomic mass is 35.5. The van der Waals surface area contributed by atoms with Gasteiger partial charge in [0.25, 0.3) is 0 Å². The average molecular weight is 262 g/mol. The van der Waals surface area contributed by atoms with E-state index in [-0.39, 0.29) is 18.5 Å². The smallest absolute Gasteiger partial charge is 0.125 e. The van der Waals surface area contributed by atoms with Gasteiger partial charge >= 0.3 is 0 Å². The highest BCUT2D eigenvalue weighted by Crippen LogP contribution is 2.33. The fraction of sp³-hybridized carbons (Fsp3) is 0.500. The minimum atomic E-state index is -0.176. The Bertz CT molecular complexity index is 354. The van der Waals surface area contributed by atoms with E-state index in [1.54, 1.807) is 21.3 Å². The van der Waals surface area contributed by atoms with Crippen molar-refractivity contribution in [2.24, 2.45) is 5.73 Å². The standard InChI is InChI=1S/C12H19NO3.ClH/c1-8-5-11(15-3)9(6-10(8)14-2)12(7-13)16-4;/h5-6,12H,7,13H2,1-4H3;1H. The minimum absolute atomic E-state index is 0. The second kappa shape index (κ2) is 7.37. The first-order valence-electron chi connectivity index (χ1n) is 5.13. The molecule has 0 aliphatic rings. The normalized spacial score (nSPS) is 11.6. The molecule has 0 heterocycles. The van der Waals surface area contributed by atoms with E-state index in [2.05, 4.69) is 0 Å². The maximum absolute atomic E-state index is 5.65. The van der Waals surface area contributed by atoms with Gasteiger partial charge in [0.15, 0.2) is 0 Å². The summed E-state index contributed by atoms with van der Waals surface area (Å²) in [4.78, 5) is 0. The van der Waals surface area contributed by atoms with Crippen molar-refractivity contribution in [1.29, 1.82) is 0 Å². The van der Waals surface area contributed by atoms with E-state index in [0.29, 0.717) is 6.54 Å². The topological polar surface area (TPSA) is 53.7 Å². The summed E-state index contributed by atoms with van der Waals surface area (Å²) in [6.45, 7) is 2.37. The van der Waals surface area contributed by atoms with E-state index in [1.165, 1.54) is 0 Å². The molecule has 0 aromatic heterocycles. The molecule has 1 atom stereocenters. The Morgan fingerprint density at radius 2 is 1.71 bits per heavy atom. The first-order valence-corrected chi connectivity index (χ1v) is 5.13. The van der Waals surface area contributed by atoms with Crippen LogP contribution in [0.25, 0.3) is 0 Å². The second-order valence-corrected chi connectivity index (χ2v) is 3.52. The summed E-state index contributed by atoms with van der Waals surface area (Å²) in [5.41, 5.74) is 7.58. The Hall–Kier alpha value is -0.970. The Morgan fingerprint density at radius 1 is 1.12 bits per heavy atom. The molecule has 0 fully saturated rings. The van der Waals surface area contributed by atoms with E-state index in [9.17, 15) is 0 Å². The Labute approximate surface area is 108 Å². The summed E-state index contributed by atoms with van der Waals surface area (Å²) in [5.74, 6) is 1.59. The number of hydrogen-bond acceptors (Lipinski definition) is 4. The van der Waals surface area contributed by atoms with E-state index in [0.717, 1.165) is 22.6 Å². The number of nitrogens with two attached hydrogens (primary N) is 1. The highest BCUT2D eigenvalue weighted by Gasteiger charge is 2.16. The molecule has 0 radical (unpaired) electrons. The molecule has 0 aliphatic heterocycles. The van der Waals surface area contributed by atoms with E-state index < -0.39 is 0 Å². The number of rotatable bonds is 5. The summed E-state index contributed by atoms with van der Waals surface area (Å²) in [6.07, 6.45) is -0.176. The first kappa shape index (κ1) is 16.0. The van der Waals surface area contributed by atoms with Gasteiger partial charge in [-0.2, -0.15) is 0 Å². The van der Waals surface area contributed by atoms with Crippen molar-refractivity contribution in [1.82, 2.24) is 0 Å². The van der Waals surface area contributed by atoms with Crippen molar-refractivity contribution in [2.45, 2.75) is 13.0 Å². The lowest BCUT2D eigenvalue weighted by atomic mass is 10.0. The third-order valence-corrected chi connectivity index (χ3v) is 2.59. The molecule has 4 nitrogen and oxygen atoms in total. The minimum Gasteiger partial charge on any atom is -0.496 e. The zero-order valence-corrected chi connectivity index (χ0v) is 11.5. The van der Waals surface area contributed by atoms with E-state index >= 15 is 0 Å². The zero-order valence-electron chi connectivity index (χ0n) is 10.6. The number of ether oxygens (including phenoxy) is 3. The van der Waals surface area contributed by atoms with Gasteiger partial charge in [0.2, 0.25) is 0 Å². The fourth-order valence-corrected chi connectivity index (χ4v) is 1.68. The molecule has 5 heteroatoms. The van der Waals surface area contributed by atoms with Gasteiger partial charge in [-0.3, -0.25) is 0 Å². The quantitative estimate of drug-likeness (QED) is 0.882. The lowest BCUT2D eigenvalue weighted by molar-refractivity contribution is 0.108. The van der Waals surface area contributed by atoms with Crippen LogP contribution >= 0.6 is 12.4 Å². The van der Waals surface area contributed by atoms with Crippen LogP contribution < -0.4 is 15.2 Å². The molecule has 0 spiro atoms. The van der Waals surface area contributed by atoms with Gasteiger partial charge in [-0.1, -0.05) is 0 Å². The van der Waals surface area contributed by atoms with E-state index in [4.69, 9.17) is 19.9 Å². The molecule has 0 saturated heterocycles. The zero-order chi connectivity index (χ0) is 12.1. The van der Waals surface area contributed by atoms with Crippen LogP contribution in [0.5, 0.6) is 11.5 Å².